The Kier molecular flexibility index (Phi) is 7.29. The number of guanidine groups is 1. The van der Waals surface area contributed by atoms with Crippen molar-refractivity contribution in [3.8, 4) is 0 Å². The van der Waals surface area contributed by atoms with E-state index in [4.69, 9.17) is 0 Å². The van der Waals surface area contributed by atoms with Crippen molar-refractivity contribution in [2.24, 2.45) is 10.9 Å². The largest absolute Gasteiger partial charge is 0.356 e. The molecule has 1 aliphatic rings. The van der Waals surface area contributed by atoms with Crippen molar-refractivity contribution in [3.63, 3.8) is 0 Å². The Bertz CT molecular complexity index is 481. The van der Waals surface area contributed by atoms with Gasteiger partial charge in [0.15, 0.2) is 5.96 Å². The molecule has 2 N–H and O–H groups in total. The van der Waals surface area contributed by atoms with Gasteiger partial charge in [0.2, 0.25) is 0 Å². The quantitative estimate of drug-likeness (QED) is 0.437. The van der Waals surface area contributed by atoms with Crippen molar-refractivity contribution in [2.75, 3.05) is 13.6 Å². The summed E-state index contributed by atoms with van der Waals surface area (Å²) in [6.07, 6.45) is 11.9. The Balaban J connectivity index is 1.62. The van der Waals surface area contributed by atoms with E-state index in [0.717, 1.165) is 23.5 Å². The first-order valence-electron chi connectivity index (χ1n) is 8.45. The first-order valence-corrected chi connectivity index (χ1v) is 8.45. The molecule has 1 aliphatic carbocycles. The summed E-state index contributed by atoms with van der Waals surface area (Å²) < 4.78 is 26.3. The van der Waals surface area contributed by atoms with Crippen LogP contribution in [0.15, 0.2) is 17.4 Å². The molecule has 0 bridgehead atoms. The minimum atomic E-state index is -2.57. The van der Waals surface area contributed by atoms with Crippen molar-refractivity contribution >= 4 is 5.96 Å². The first-order chi connectivity index (χ1) is 11.2. The third-order valence-corrected chi connectivity index (χ3v) is 4.40. The van der Waals surface area contributed by atoms with Gasteiger partial charge in [0.05, 0.1) is 6.54 Å². The second-order valence-corrected chi connectivity index (χ2v) is 6.03. The number of unbranched alkanes of at least 4 members (excludes halogenated alkanes) is 1. The van der Waals surface area contributed by atoms with Crippen molar-refractivity contribution < 1.29 is 8.78 Å². The summed E-state index contributed by atoms with van der Waals surface area (Å²) in [4.78, 5) is 8.04. The third-order valence-electron chi connectivity index (χ3n) is 4.40. The Labute approximate surface area is 136 Å². The Morgan fingerprint density at radius 1 is 1.35 bits per heavy atom. The summed E-state index contributed by atoms with van der Waals surface area (Å²) in [7, 11) is 1.67. The molecule has 0 spiro atoms. The molecule has 0 unspecified atom stereocenters. The van der Waals surface area contributed by atoms with Crippen LogP contribution in [0.3, 0.4) is 0 Å². The van der Waals surface area contributed by atoms with Gasteiger partial charge in [-0.05, 0) is 12.3 Å². The Morgan fingerprint density at radius 3 is 2.83 bits per heavy atom. The second kappa shape index (κ2) is 9.47. The van der Waals surface area contributed by atoms with Crippen LogP contribution in [-0.4, -0.2) is 29.1 Å². The highest BCUT2D eigenvalue weighted by atomic mass is 19.3. The first kappa shape index (κ1) is 17.7. The van der Waals surface area contributed by atoms with E-state index in [2.05, 4.69) is 20.6 Å². The van der Waals surface area contributed by atoms with E-state index in [1.807, 2.05) is 0 Å². The monoisotopic (exact) mass is 327 g/mol. The molecular formula is C16H27F2N5. The lowest BCUT2D eigenvalue weighted by molar-refractivity contribution is 0.0668. The molecule has 23 heavy (non-hydrogen) atoms. The summed E-state index contributed by atoms with van der Waals surface area (Å²) in [5, 5.41) is 6.24. The Hall–Kier alpha value is -1.66. The zero-order valence-electron chi connectivity index (χ0n) is 13.8. The zero-order chi connectivity index (χ0) is 16.5. The number of imidazole rings is 1. The van der Waals surface area contributed by atoms with E-state index in [1.54, 1.807) is 7.05 Å². The number of halogens is 2. The average Bonchev–Trinajstić information content (AvgIpc) is 3.21. The molecule has 0 atom stereocenters. The summed E-state index contributed by atoms with van der Waals surface area (Å²) in [5.74, 6) is 1.85. The molecule has 1 saturated carbocycles. The van der Waals surface area contributed by atoms with E-state index in [1.165, 1.54) is 50.9 Å². The topological polar surface area (TPSA) is 54.2 Å². The lowest BCUT2D eigenvalue weighted by Gasteiger charge is -2.13. The van der Waals surface area contributed by atoms with Gasteiger partial charge in [-0.15, -0.1) is 0 Å². The molecule has 1 fully saturated rings. The number of aromatic nitrogens is 2. The number of rotatable bonds is 8. The van der Waals surface area contributed by atoms with Crippen LogP contribution in [0.1, 0.15) is 57.3 Å². The van der Waals surface area contributed by atoms with Gasteiger partial charge < -0.3 is 10.6 Å². The van der Waals surface area contributed by atoms with Gasteiger partial charge in [0, 0.05) is 26.0 Å². The van der Waals surface area contributed by atoms with Crippen molar-refractivity contribution in [1.29, 1.82) is 0 Å². The van der Waals surface area contributed by atoms with E-state index in [9.17, 15) is 8.78 Å². The van der Waals surface area contributed by atoms with Gasteiger partial charge in [-0.3, -0.25) is 9.56 Å². The molecule has 130 valence electrons. The zero-order valence-corrected chi connectivity index (χ0v) is 13.8. The lowest BCUT2D eigenvalue weighted by Crippen LogP contribution is -2.37. The molecule has 5 nitrogen and oxygen atoms in total. The average molecular weight is 327 g/mol. The molecule has 0 aromatic carbocycles. The fourth-order valence-electron chi connectivity index (χ4n) is 3.11. The van der Waals surface area contributed by atoms with Crippen LogP contribution in [0, 0.1) is 5.92 Å². The van der Waals surface area contributed by atoms with Crippen molar-refractivity contribution in [1.82, 2.24) is 20.2 Å². The molecular weight excluding hydrogens is 300 g/mol. The SMILES string of the molecule is CN=C(NCCCCC1CCCC1)NCc1nccn1C(F)F. The predicted molar refractivity (Wildman–Crippen MR) is 87.5 cm³/mol. The normalized spacial score (nSPS) is 16.3. The van der Waals surface area contributed by atoms with Crippen LogP contribution in [0.25, 0.3) is 0 Å². The number of nitrogens with one attached hydrogen (secondary N) is 2. The van der Waals surface area contributed by atoms with E-state index in [0.29, 0.717) is 11.8 Å². The van der Waals surface area contributed by atoms with Crippen molar-refractivity contribution in [2.45, 2.75) is 58.0 Å². The van der Waals surface area contributed by atoms with Gasteiger partial charge in [-0.25, -0.2) is 4.98 Å². The highest BCUT2D eigenvalue weighted by Crippen LogP contribution is 2.28. The van der Waals surface area contributed by atoms with E-state index < -0.39 is 6.55 Å². The van der Waals surface area contributed by atoms with Gasteiger partial charge >= 0.3 is 6.55 Å². The van der Waals surface area contributed by atoms with Crippen LogP contribution in [0.5, 0.6) is 0 Å². The van der Waals surface area contributed by atoms with Gasteiger partial charge in [-0.1, -0.05) is 38.5 Å². The predicted octanol–water partition coefficient (Wildman–Crippen LogP) is 3.30. The molecule has 0 radical (unpaired) electrons. The smallest absolute Gasteiger partial charge is 0.319 e. The Morgan fingerprint density at radius 2 is 2.13 bits per heavy atom. The number of aliphatic imine (C=N–C) groups is 1. The van der Waals surface area contributed by atoms with Crippen LogP contribution >= 0.6 is 0 Å². The number of alkyl halides is 2. The fraction of sp³-hybridized carbons (Fsp3) is 0.750. The minimum Gasteiger partial charge on any atom is -0.356 e. The second-order valence-electron chi connectivity index (χ2n) is 6.03. The third kappa shape index (κ3) is 5.80. The van der Waals surface area contributed by atoms with Crippen LogP contribution in [0.4, 0.5) is 8.78 Å². The van der Waals surface area contributed by atoms with E-state index in [-0.39, 0.29) is 6.54 Å². The number of nitrogens with zero attached hydrogens (tertiary/aromatic N) is 3. The van der Waals surface area contributed by atoms with Gasteiger partial charge in [0.1, 0.15) is 5.82 Å². The highest BCUT2D eigenvalue weighted by molar-refractivity contribution is 5.79. The van der Waals surface area contributed by atoms with Crippen LogP contribution < -0.4 is 10.6 Å². The summed E-state index contributed by atoms with van der Waals surface area (Å²) in [6, 6.07) is 0. The van der Waals surface area contributed by atoms with Crippen molar-refractivity contribution in [3.05, 3.63) is 18.2 Å². The molecule has 1 aromatic heterocycles. The number of hydrogen-bond acceptors (Lipinski definition) is 2. The maximum Gasteiger partial charge on any atom is 0.319 e. The van der Waals surface area contributed by atoms with Crippen LogP contribution in [0.2, 0.25) is 0 Å². The minimum absolute atomic E-state index is 0.221. The molecule has 0 saturated heterocycles. The molecule has 0 amide bonds. The standard InChI is InChI=1S/C16H27F2N5/c1-19-16(21-9-5-4-8-13-6-2-3-7-13)22-12-14-20-10-11-23(14)15(17)18/h10-11,13,15H,2-9,12H2,1H3,(H2,19,21,22). The van der Waals surface area contributed by atoms with Gasteiger partial charge in [0.25, 0.3) is 0 Å². The highest BCUT2D eigenvalue weighted by Gasteiger charge is 2.14. The number of hydrogen-bond donors (Lipinski definition) is 2. The summed E-state index contributed by atoms with van der Waals surface area (Å²) >= 11 is 0. The molecule has 2 rings (SSSR count). The molecule has 1 aromatic rings. The summed E-state index contributed by atoms with van der Waals surface area (Å²) in [5.41, 5.74) is 0. The molecule has 7 heteroatoms. The van der Waals surface area contributed by atoms with Crippen LogP contribution in [-0.2, 0) is 6.54 Å². The maximum absolute atomic E-state index is 12.7. The molecule has 1 heterocycles. The molecule has 0 aliphatic heterocycles. The maximum atomic E-state index is 12.7. The van der Waals surface area contributed by atoms with E-state index >= 15 is 0 Å². The van der Waals surface area contributed by atoms with Gasteiger partial charge in [-0.2, -0.15) is 8.78 Å². The lowest BCUT2D eigenvalue weighted by atomic mass is 10.0. The summed E-state index contributed by atoms with van der Waals surface area (Å²) in [6.45, 7) is -1.51. The fourth-order valence-corrected chi connectivity index (χ4v) is 3.11.